The van der Waals surface area contributed by atoms with E-state index < -0.39 is 5.91 Å². The van der Waals surface area contributed by atoms with Crippen LogP contribution >= 0.6 is 0 Å². The van der Waals surface area contributed by atoms with Crippen LogP contribution in [0.15, 0.2) is 102 Å². The third-order valence-electron chi connectivity index (χ3n) is 5.78. The smallest absolute Gasteiger partial charge is 0.268 e. The molecule has 1 aliphatic rings. The largest absolute Gasteiger partial charge is 0.457 e. The first kappa shape index (κ1) is 22.4. The van der Waals surface area contributed by atoms with Gasteiger partial charge in [0.25, 0.3) is 11.5 Å². The molecule has 176 valence electrons. The predicted octanol–water partition coefficient (Wildman–Crippen LogP) is 4.72. The van der Waals surface area contributed by atoms with E-state index >= 15 is 0 Å². The number of ether oxygens (including phenoxy) is 2. The molecule has 0 atom stereocenters. The van der Waals surface area contributed by atoms with Crippen LogP contribution in [0.3, 0.4) is 0 Å². The lowest BCUT2D eigenvalue weighted by Crippen LogP contribution is -2.37. The molecule has 1 N–H and O–H groups in total. The van der Waals surface area contributed by atoms with Gasteiger partial charge in [0, 0.05) is 25.0 Å². The predicted molar refractivity (Wildman–Crippen MR) is 136 cm³/mol. The quantitative estimate of drug-likeness (QED) is 0.444. The first-order valence-electron chi connectivity index (χ1n) is 11.5. The molecule has 5 rings (SSSR count). The van der Waals surface area contributed by atoms with E-state index in [9.17, 15) is 9.59 Å². The Balaban J connectivity index is 1.36. The molecule has 0 spiro atoms. The number of aromatic nitrogens is 1. The van der Waals surface area contributed by atoms with Crippen LogP contribution in [-0.2, 0) is 4.74 Å². The number of carbonyl (C=O) groups is 1. The van der Waals surface area contributed by atoms with Crippen LogP contribution in [0.2, 0.25) is 0 Å². The van der Waals surface area contributed by atoms with E-state index in [1.54, 1.807) is 42.6 Å². The van der Waals surface area contributed by atoms with Crippen molar-refractivity contribution >= 4 is 17.3 Å². The van der Waals surface area contributed by atoms with E-state index in [1.807, 2.05) is 54.6 Å². The van der Waals surface area contributed by atoms with Crippen LogP contribution in [0, 0.1) is 0 Å². The van der Waals surface area contributed by atoms with Crippen LogP contribution in [-0.4, -0.2) is 36.8 Å². The molecular formula is C28H25N3O4. The average molecular weight is 468 g/mol. The van der Waals surface area contributed by atoms with Crippen LogP contribution in [0.4, 0.5) is 11.4 Å². The summed E-state index contributed by atoms with van der Waals surface area (Å²) in [6.07, 6.45) is 1.69. The molecule has 7 nitrogen and oxygen atoms in total. The number of amides is 1. The number of anilines is 2. The number of nitrogens with one attached hydrogen (secondary N) is 1. The lowest BCUT2D eigenvalue weighted by Gasteiger charge is -2.30. The Morgan fingerprint density at radius 2 is 1.43 bits per heavy atom. The summed E-state index contributed by atoms with van der Waals surface area (Å²) in [5.74, 6) is 0.910. The fourth-order valence-corrected chi connectivity index (χ4v) is 4.03. The number of carbonyl (C=O) groups excluding carboxylic acids is 1. The fourth-order valence-electron chi connectivity index (χ4n) is 4.03. The first-order valence-corrected chi connectivity index (χ1v) is 11.5. The number of benzene rings is 3. The van der Waals surface area contributed by atoms with Gasteiger partial charge in [-0.1, -0.05) is 30.3 Å². The second-order valence-electron chi connectivity index (χ2n) is 8.08. The van der Waals surface area contributed by atoms with Crippen molar-refractivity contribution in [1.29, 1.82) is 0 Å². The summed E-state index contributed by atoms with van der Waals surface area (Å²) >= 11 is 0. The fraction of sp³-hybridized carbons (Fsp3) is 0.143. The summed E-state index contributed by atoms with van der Waals surface area (Å²) < 4.78 is 12.8. The van der Waals surface area contributed by atoms with Gasteiger partial charge in [0.15, 0.2) is 0 Å². The Morgan fingerprint density at radius 1 is 0.771 bits per heavy atom. The van der Waals surface area contributed by atoms with Gasteiger partial charge >= 0.3 is 0 Å². The standard InChI is InChI=1S/C28H25N3O4/c32-27(29-21-12-14-23(15-13-21)35-22-7-2-1-3-8-22)24-9-6-16-31(28(24)33)26-11-5-4-10-25(26)30-17-19-34-20-18-30/h1-16H,17-20H2,(H,29,32). The van der Waals surface area contributed by atoms with Gasteiger partial charge in [-0.3, -0.25) is 14.2 Å². The third-order valence-corrected chi connectivity index (χ3v) is 5.78. The van der Waals surface area contributed by atoms with E-state index in [0.29, 0.717) is 24.7 Å². The molecule has 1 amide bonds. The normalized spacial score (nSPS) is 13.3. The molecule has 35 heavy (non-hydrogen) atoms. The number of rotatable bonds is 6. The minimum atomic E-state index is -0.468. The van der Waals surface area contributed by atoms with Crippen LogP contribution < -0.4 is 20.5 Å². The highest BCUT2D eigenvalue weighted by Crippen LogP contribution is 2.25. The molecule has 0 unspecified atom stereocenters. The second-order valence-corrected chi connectivity index (χ2v) is 8.08. The summed E-state index contributed by atoms with van der Waals surface area (Å²) in [6.45, 7) is 2.77. The molecule has 4 aromatic rings. The van der Waals surface area contributed by atoms with Gasteiger partial charge in [-0.2, -0.15) is 0 Å². The van der Waals surface area contributed by atoms with E-state index in [2.05, 4.69) is 10.2 Å². The first-order chi connectivity index (χ1) is 17.2. The highest BCUT2D eigenvalue weighted by atomic mass is 16.5. The van der Waals surface area contributed by atoms with Crippen molar-refractivity contribution in [3.05, 3.63) is 113 Å². The number of nitrogens with zero attached hydrogens (tertiary/aromatic N) is 2. The molecule has 1 aliphatic heterocycles. The molecule has 1 aromatic heterocycles. The summed E-state index contributed by atoms with van der Waals surface area (Å²) in [6, 6.07) is 27.4. The van der Waals surface area contributed by atoms with Crippen molar-refractivity contribution in [2.24, 2.45) is 0 Å². The zero-order valence-electron chi connectivity index (χ0n) is 19.1. The van der Waals surface area contributed by atoms with Crippen molar-refractivity contribution in [3.8, 4) is 17.2 Å². The number of hydrogen-bond acceptors (Lipinski definition) is 5. The van der Waals surface area contributed by atoms with E-state index in [-0.39, 0.29) is 11.1 Å². The molecule has 0 radical (unpaired) electrons. The molecule has 7 heteroatoms. The maximum Gasteiger partial charge on any atom is 0.268 e. The van der Waals surface area contributed by atoms with Crippen LogP contribution in [0.1, 0.15) is 10.4 Å². The molecule has 2 heterocycles. The topological polar surface area (TPSA) is 72.8 Å². The van der Waals surface area contributed by atoms with E-state index in [4.69, 9.17) is 9.47 Å². The molecule has 3 aromatic carbocycles. The Kier molecular flexibility index (Phi) is 6.59. The molecule has 0 saturated carbocycles. The Hall–Kier alpha value is -4.36. The second kappa shape index (κ2) is 10.3. The van der Waals surface area contributed by atoms with Gasteiger partial charge in [0.1, 0.15) is 17.1 Å². The Labute approximate surface area is 203 Å². The molecular weight excluding hydrogens is 442 g/mol. The number of morpholine rings is 1. The van der Waals surface area contributed by atoms with Gasteiger partial charge in [0.05, 0.1) is 24.6 Å². The zero-order chi connectivity index (χ0) is 24.0. The molecule has 0 aliphatic carbocycles. The van der Waals surface area contributed by atoms with Crippen molar-refractivity contribution in [2.45, 2.75) is 0 Å². The maximum absolute atomic E-state index is 13.3. The van der Waals surface area contributed by atoms with Crippen molar-refractivity contribution in [3.63, 3.8) is 0 Å². The maximum atomic E-state index is 13.3. The molecule has 0 bridgehead atoms. The minimum absolute atomic E-state index is 0.0638. The lowest BCUT2D eigenvalue weighted by atomic mass is 10.2. The SMILES string of the molecule is O=C(Nc1ccc(Oc2ccccc2)cc1)c1cccn(-c2ccccc2N2CCOCC2)c1=O. The van der Waals surface area contributed by atoms with Gasteiger partial charge in [-0.25, -0.2) is 0 Å². The molecule has 1 saturated heterocycles. The minimum Gasteiger partial charge on any atom is -0.457 e. The molecule has 1 fully saturated rings. The highest BCUT2D eigenvalue weighted by molar-refractivity contribution is 6.04. The average Bonchev–Trinajstić information content (AvgIpc) is 2.91. The van der Waals surface area contributed by atoms with Gasteiger partial charge in [0.2, 0.25) is 0 Å². The van der Waals surface area contributed by atoms with Crippen molar-refractivity contribution in [1.82, 2.24) is 4.57 Å². The van der Waals surface area contributed by atoms with E-state index in [1.165, 1.54) is 4.57 Å². The van der Waals surface area contributed by atoms with Gasteiger partial charge in [-0.15, -0.1) is 0 Å². The van der Waals surface area contributed by atoms with Gasteiger partial charge < -0.3 is 19.7 Å². The Bertz CT molecular complexity index is 1360. The van der Waals surface area contributed by atoms with Crippen molar-refractivity contribution < 1.29 is 14.3 Å². The van der Waals surface area contributed by atoms with Crippen molar-refractivity contribution in [2.75, 3.05) is 36.5 Å². The Morgan fingerprint density at radius 3 is 2.17 bits per heavy atom. The number of pyridine rings is 1. The third kappa shape index (κ3) is 5.10. The van der Waals surface area contributed by atoms with Crippen LogP contribution in [0.25, 0.3) is 5.69 Å². The van der Waals surface area contributed by atoms with Crippen LogP contribution in [0.5, 0.6) is 11.5 Å². The van der Waals surface area contributed by atoms with E-state index in [0.717, 1.165) is 30.2 Å². The zero-order valence-corrected chi connectivity index (χ0v) is 19.1. The monoisotopic (exact) mass is 467 g/mol. The highest BCUT2D eigenvalue weighted by Gasteiger charge is 2.18. The number of para-hydroxylation sites is 3. The summed E-state index contributed by atoms with van der Waals surface area (Å²) in [4.78, 5) is 28.5. The number of hydrogen-bond donors (Lipinski definition) is 1. The summed E-state index contributed by atoms with van der Waals surface area (Å²) in [5.41, 5.74) is 1.92. The van der Waals surface area contributed by atoms with Gasteiger partial charge in [-0.05, 0) is 60.7 Å². The lowest BCUT2D eigenvalue weighted by molar-refractivity contribution is 0.102. The summed E-state index contributed by atoms with van der Waals surface area (Å²) in [7, 11) is 0. The summed E-state index contributed by atoms with van der Waals surface area (Å²) in [5, 5.41) is 2.81.